The molecule has 2 heterocycles. The zero-order valence-electron chi connectivity index (χ0n) is 25.5. The maximum absolute atomic E-state index is 6.58. The smallest absolute Gasteiger partial charge is 0.180 e. The van der Waals surface area contributed by atoms with Gasteiger partial charge in [-0.1, -0.05) is 152 Å². The zero-order chi connectivity index (χ0) is 31.2. The van der Waals surface area contributed by atoms with Crippen LogP contribution in [0.15, 0.2) is 174 Å². The molecule has 0 saturated carbocycles. The normalized spacial score (nSPS) is 11.4. The summed E-state index contributed by atoms with van der Waals surface area (Å²) in [5.41, 5.74) is 12.1. The number of hydrogen-bond acceptors (Lipinski definition) is 3. The van der Waals surface area contributed by atoms with Gasteiger partial charge >= 0.3 is 0 Å². The van der Waals surface area contributed by atoms with Crippen molar-refractivity contribution in [2.75, 3.05) is 0 Å². The predicted octanol–water partition coefficient (Wildman–Crippen LogP) is 11.9. The van der Waals surface area contributed by atoms with Gasteiger partial charge in [-0.15, -0.1) is 0 Å². The van der Waals surface area contributed by atoms with E-state index in [0.717, 1.165) is 55.2 Å². The topological polar surface area (TPSA) is 38.9 Å². The molecule has 0 fully saturated rings. The number of nitrogens with zero attached hydrogens (tertiary/aromatic N) is 2. The Balaban J connectivity index is 1.17. The highest BCUT2D eigenvalue weighted by molar-refractivity contribution is 6.19. The molecule has 0 aliphatic carbocycles. The Morgan fingerprint density at radius 1 is 0.383 bits per heavy atom. The summed E-state index contributed by atoms with van der Waals surface area (Å²) in [6.45, 7) is 0. The molecule has 0 atom stereocenters. The van der Waals surface area contributed by atoms with E-state index < -0.39 is 0 Å². The van der Waals surface area contributed by atoms with Crippen molar-refractivity contribution in [1.82, 2.24) is 9.97 Å². The van der Waals surface area contributed by atoms with Crippen LogP contribution in [0.5, 0.6) is 0 Å². The molecule has 7 aromatic carbocycles. The summed E-state index contributed by atoms with van der Waals surface area (Å²) in [6, 6.07) is 59.3. The second-order valence-electron chi connectivity index (χ2n) is 11.8. The van der Waals surface area contributed by atoms with Crippen LogP contribution >= 0.6 is 0 Å². The van der Waals surface area contributed by atoms with Crippen molar-refractivity contribution in [1.29, 1.82) is 0 Å². The van der Waals surface area contributed by atoms with E-state index in [1.165, 1.54) is 22.3 Å². The molecule has 9 aromatic rings. The van der Waals surface area contributed by atoms with E-state index in [4.69, 9.17) is 14.4 Å². The highest BCUT2D eigenvalue weighted by Crippen LogP contribution is 2.39. The van der Waals surface area contributed by atoms with Gasteiger partial charge in [0.1, 0.15) is 16.8 Å². The van der Waals surface area contributed by atoms with Gasteiger partial charge in [-0.25, -0.2) is 9.97 Å². The summed E-state index contributed by atoms with van der Waals surface area (Å²) in [7, 11) is 0. The summed E-state index contributed by atoms with van der Waals surface area (Å²) >= 11 is 0. The second-order valence-corrected chi connectivity index (χ2v) is 11.8. The molecular formula is C44H28N2O. The summed E-state index contributed by atoms with van der Waals surface area (Å²) in [4.78, 5) is 10.3. The van der Waals surface area contributed by atoms with Crippen LogP contribution in [-0.4, -0.2) is 9.97 Å². The number of aromatic nitrogens is 2. The van der Waals surface area contributed by atoms with Gasteiger partial charge in [-0.2, -0.15) is 0 Å². The molecule has 220 valence electrons. The number of fused-ring (bicyclic) bond motifs is 5. The fourth-order valence-electron chi connectivity index (χ4n) is 6.53. The quantitative estimate of drug-likeness (QED) is 0.197. The van der Waals surface area contributed by atoms with Gasteiger partial charge < -0.3 is 4.42 Å². The first kappa shape index (κ1) is 27.0. The Labute approximate surface area is 272 Å². The van der Waals surface area contributed by atoms with Gasteiger partial charge in [0.2, 0.25) is 0 Å². The van der Waals surface area contributed by atoms with Crippen LogP contribution < -0.4 is 0 Å². The predicted molar refractivity (Wildman–Crippen MR) is 194 cm³/mol. The van der Waals surface area contributed by atoms with E-state index in [1.54, 1.807) is 0 Å². The molecule has 0 N–H and O–H groups in total. The van der Waals surface area contributed by atoms with E-state index >= 15 is 0 Å². The van der Waals surface area contributed by atoms with Gasteiger partial charge in [0.25, 0.3) is 0 Å². The Morgan fingerprint density at radius 3 is 1.64 bits per heavy atom. The molecule has 0 bridgehead atoms. The van der Waals surface area contributed by atoms with Gasteiger partial charge in [-0.3, -0.25) is 0 Å². The monoisotopic (exact) mass is 600 g/mol. The first-order chi connectivity index (χ1) is 23.3. The Morgan fingerprint density at radius 2 is 0.915 bits per heavy atom. The van der Waals surface area contributed by atoms with Crippen LogP contribution in [0.4, 0.5) is 0 Å². The summed E-state index contributed by atoms with van der Waals surface area (Å²) in [5, 5.41) is 3.29. The van der Waals surface area contributed by atoms with Crippen molar-refractivity contribution < 1.29 is 4.42 Å². The molecule has 0 amide bonds. The average molecular weight is 601 g/mol. The molecule has 3 heteroatoms. The highest BCUT2D eigenvalue weighted by Gasteiger charge is 2.20. The van der Waals surface area contributed by atoms with Gasteiger partial charge in [-0.05, 0) is 62.4 Å². The van der Waals surface area contributed by atoms with Crippen LogP contribution in [0.2, 0.25) is 0 Å². The SMILES string of the molecule is c1ccc(-c2ccc(-c3cccc(-c4cccc(-c5nc(-c6ccccc6)nc6c5oc5ccc7ccccc7c56)c4)c3)cc2)cc1. The molecule has 0 radical (unpaired) electrons. The molecule has 2 aromatic heterocycles. The van der Waals surface area contributed by atoms with E-state index in [1.807, 2.05) is 30.3 Å². The minimum absolute atomic E-state index is 0.676. The minimum Gasteiger partial charge on any atom is -0.452 e. The molecule has 0 spiro atoms. The van der Waals surface area contributed by atoms with E-state index in [-0.39, 0.29) is 0 Å². The van der Waals surface area contributed by atoms with E-state index in [0.29, 0.717) is 11.4 Å². The first-order valence-electron chi connectivity index (χ1n) is 15.8. The third-order valence-electron chi connectivity index (χ3n) is 8.89. The average Bonchev–Trinajstić information content (AvgIpc) is 3.55. The maximum atomic E-state index is 6.58. The lowest BCUT2D eigenvalue weighted by atomic mass is 9.96. The summed E-state index contributed by atoms with van der Waals surface area (Å²) < 4.78 is 6.58. The van der Waals surface area contributed by atoms with Crippen molar-refractivity contribution in [3.8, 4) is 56.0 Å². The Kier molecular flexibility index (Phi) is 6.46. The molecule has 0 aliphatic heterocycles. The lowest BCUT2D eigenvalue weighted by Gasteiger charge is -2.10. The number of benzene rings is 7. The van der Waals surface area contributed by atoms with Gasteiger partial charge in [0.05, 0.1) is 5.39 Å². The van der Waals surface area contributed by atoms with Crippen LogP contribution in [0.3, 0.4) is 0 Å². The van der Waals surface area contributed by atoms with Crippen molar-refractivity contribution in [2.45, 2.75) is 0 Å². The summed E-state index contributed by atoms with van der Waals surface area (Å²) in [5.74, 6) is 0.676. The molecule has 0 saturated heterocycles. The van der Waals surface area contributed by atoms with Crippen molar-refractivity contribution in [3.63, 3.8) is 0 Å². The molecule has 9 rings (SSSR count). The van der Waals surface area contributed by atoms with Crippen molar-refractivity contribution in [2.24, 2.45) is 0 Å². The first-order valence-corrected chi connectivity index (χ1v) is 15.8. The molecule has 3 nitrogen and oxygen atoms in total. The molecule has 0 unspecified atom stereocenters. The lowest BCUT2D eigenvalue weighted by Crippen LogP contribution is -1.94. The standard InChI is InChI=1S/C44H28N2O/c1-3-11-29(12-4-1)30-21-23-31(24-22-30)34-16-9-17-35(27-34)36-18-10-19-37(28-36)41-43-42(46-44(45-41)33-14-5-2-6-15-33)40-38-20-8-7-13-32(38)25-26-39(40)47-43/h1-28H. The second kappa shape index (κ2) is 11.2. The lowest BCUT2D eigenvalue weighted by molar-refractivity contribution is 0.667. The van der Waals surface area contributed by atoms with Crippen molar-refractivity contribution >= 4 is 32.8 Å². The van der Waals surface area contributed by atoms with Crippen LogP contribution in [0.25, 0.3) is 88.9 Å². The fraction of sp³-hybridized carbons (Fsp3) is 0. The number of furan rings is 1. The number of rotatable bonds is 5. The van der Waals surface area contributed by atoms with Crippen LogP contribution in [0.1, 0.15) is 0 Å². The van der Waals surface area contributed by atoms with Crippen molar-refractivity contribution in [3.05, 3.63) is 170 Å². The van der Waals surface area contributed by atoms with Gasteiger partial charge in [0, 0.05) is 11.1 Å². The Bertz CT molecular complexity index is 2550. The molecule has 47 heavy (non-hydrogen) atoms. The maximum Gasteiger partial charge on any atom is 0.180 e. The Hall–Kier alpha value is -6.32. The fourth-order valence-corrected chi connectivity index (χ4v) is 6.53. The molecule has 0 aliphatic rings. The van der Waals surface area contributed by atoms with Gasteiger partial charge in [0.15, 0.2) is 11.4 Å². The van der Waals surface area contributed by atoms with Crippen LogP contribution in [0, 0.1) is 0 Å². The van der Waals surface area contributed by atoms with E-state index in [9.17, 15) is 0 Å². The largest absolute Gasteiger partial charge is 0.452 e. The molecular weight excluding hydrogens is 572 g/mol. The minimum atomic E-state index is 0.676. The summed E-state index contributed by atoms with van der Waals surface area (Å²) in [6.07, 6.45) is 0. The third-order valence-corrected chi connectivity index (χ3v) is 8.89. The number of hydrogen-bond donors (Lipinski definition) is 0. The zero-order valence-corrected chi connectivity index (χ0v) is 25.5. The van der Waals surface area contributed by atoms with E-state index in [2.05, 4.69) is 140 Å². The third kappa shape index (κ3) is 4.86. The van der Waals surface area contributed by atoms with Crippen LogP contribution in [-0.2, 0) is 0 Å². The highest BCUT2D eigenvalue weighted by atomic mass is 16.3.